The fourth-order valence-corrected chi connectivity index (χ4v) is 2.89. The van der Waals surface area contributed by atoms with Crippen molar-refractivity contribution in [1.82, 2.24) is 10.6 Å². The Balaban J connectivity index is 2.67. The molecule has 2 atom stereocenters. The van der Waals surface area contributed by atoms with Crippen molar-refractivity contribution in [3.8, 4) is 0 Å². The van der Waals surface area contributed by atoms with Crippen LogP contribution >= 0.6 is 0 Å². The van der Waals surface area contributed by atoms with Gasteiger partial charge in [-0.05, 0) is 30.7 Å². The summed E-state index contributed by atoms with van der Waals surface area (Å²) in [5, 5.41) is 5.26. The van der Waals surface area contributed by atoms with Gasteiger partial charge in [0.15, 0.2) is 5.78 Å². The molecule has 1 rings (SSSR count). The maximum Gasteiger partial charge on any atom is 0.305 e. The van der Waals surface area contributed by atoms with Gasteiger partial charge in [0.2, 0.25) is 11.8 Å². The molecular weight excluding hydrogens is 391 g/mol. The fourth-order valence-electron chi connectivity index (χ4n) is 2.89. The van der Waals surface area contributed by atoms with Gasteiger partial charge in [-0.3, -0.25) is 19.2 Å². The Bertz CT molecular complexity index is 709. The molecule has 0 saturated heterocycles. The Kier molecular flexibility index (Phi) is 11.3. The minimum Gasteiger partial charge on any atom is -0.469 e. The highest BCUT2D eigenvalue weighted by atomic mass is 19.1. The van der Waals surface area contributed by atoms with Gasteiger partial charge in [0.05, 0.1) is 13.2 Å². The summed E-state index contributed by atoms with van der Waals surface area (Å²) in [5.74, 6) is -2.15. The number of benzene rings is 1. The van der Waals surface area contributed by atoms with E-state index in [1.54, 1.807) is 38.1 Å². The number of alkyl halides is 1. The van der Waals surface area contributed by atoms with Crippen LogP contribution in [0.5, 0.6) is 0 Å². The Labute approximate surface area is 176 Å². The fraction of sp³-hybridized carbons (Fsp3) is 0.545. The van der Waals surface area contributed by atoms with Crippen LogP contribution in [0.15, 0.2) is 30.3 Å². The van der Waals surface area contributed by atoms with Crippen LogP contribution in [0, 0.1) is 5.92 Å². The number of rotatable bonds is 13. The second-order valence-electron chi connectivity index (χ2n) is 7.42. The Hall–Kier alpha value is -2.77. The van der Waals surface area contributed by atoms with E-state index >= 15 is 0 Å². The summed E-state index contributed by atoms with van der Waals surface area (Å²) in [5.41, 5.74) is 0.792. The number of carbonyl (C=O) groups is 4. The van der Waals surface area contributed by atoms with Crippen LogP contribution in [0.4, 0.5) is 4.39 Å². The molecule has 30 heavy (non-hydrogen) atoms. The minimum atomic E-state index is -1.18. The number of Topliss-reactive ketones (excluding diaryl/α,β-unsaturated/α-hetero) is 1. The van der Waals surface area contributed by atoms with Crippen LogP contribution in [-0.2, 0) is 30.3 Å². The van der Waals surface area contributed by atoms with Crippen LogP contribution < -0.4 is 10.6 Å². The normalized spacial score (nSPS) is 12.7. The SMILES string of the molecule is COC(=O)CCCCC(=O)NC(C(=O)NC(Cc1ccccc1)C(=O)CF)C(C)C. The average molecular weight is 422 g/mol. The van der Waals surface area contributed by atoms with Gasteiger partial charge in [0.1, 0.15) is 12.7 Å². The molecule has 0 bridgehead atoms. The first-order valence-electron chi connectivity index (χ1n) is 10.1. The molecule has 0 spiro atoms. The summed E-state index contributed by atoms with van der Waals surface area (Å²) in [7, 11) is 1.31. The molecule has 1 aromatic rings. The molecule has 1 aromatic carbocycles. The third kappa shape index (κ3) is 9.15. The zero-order valence-corrected chi connectivity index (χ0v) is 17.8. The Morgan fingerprint density at radius 3 is 2.20 bits per heavy atom. The first-order chi connectivity index (χ1) is 14.3. The van der Waals surface area contributed by atoms with E-state index < -0.39 is 30.4 Å². The van der Waals surface area contributed by atoms with E-state index in [2.05, 4.69) is 15.4 Å². The van der Waals surface area contributed by atoms with Gasteiger partial charge in [0, 0.05) is 12.8 Å². The summed E-state index contributed by atoms with van der Waals surface area (Å²) in [6, 6.07) is 7.13. The molecular formula is C22H31FN2O5. The lowest BCUT2D eigenvalue weighted by atomic mass is 9.99. The maximum absolute atomic E-state index is 13.0. The van der Waals surface area contributed by atoms with Crippen LogP contribution in [0.3, 0.4) is 0 Å². The van der Waals surface area contributed by atoms with Gasteiger partial charge in [-0.2, -0.15) is 0 Å². The molecule has 0 aliphatic carbocycles. The topological polar surface area (TPSA) is 102 Å². The monoisotopic (exact) mass is 422 g/mol. The van der Waals surface area contributed by atoms with Crippen LogP contribution in [0.2, 0.25) is 0 Å². The van der Waals surface area contributed by atoms with Crippen molar-refractivity contribution in [2.75, 3.05) is 13.8 Å². The van der Waals surface area contributed by atoms with E-state index in [1.165, 1.54) is 7.11 Å². The quantitative estimate of drug-likeness (QED) is 0.375. The third-order valence-electron chi connectivity index (χ3n) is 4.65. The maximum atomic E-state index is 13.0. The van der Waals surface area contributed by atoms with Crippen molar-refractivity contribution in [1.29, 1.82) is 0 Å². The minimum absolute atomic E-state index is 0.157. The number of halogens is 1. The smallest absolute Gasteiger partial charge is 0.305 e. The highest BCUT2D eigenvalue weighted by Crippen LogP contribution is 2.09. The molecule has 8 heteroatoms. The molecule has 2 amide bonds. The van der Waals surface area contributed by atoms with Crippen molar-refractivity contribution in [3.63, 3.8) is 0 Å². The molecule has 0 fully saturated rings. The molecule has 2 N–H and O–H groups in total. The highest BCUT2D eigenvalue weighted by Gasteiger charge is 2.28. The lowest BCUT2D eigenvalue weighted by Crippen LogP contribution is -2.54. The molecule has 0 heterocycles. The van der Waals surface area contributed by atoms with E-state index in [-0.39, 0.29) is 37.1 Å². The number of ketones is 1. The highest BCUT2D eigenvalue weighted by molar-refractivity contribution is 5.93. The summed E-state index contributed by atoms with van der Waals surface area (Å²) >= 11 is 0. The van der Waals surface area contributed by atoms with E-state index in [0.29, 0.717) is 12.8 Å². The second kappa shape index (κ2) is 13.5. The summed E-state index contributed by atoms with van der Waals surface area (Å²) in [6.45, 7) is 2.35. The molecule has 166 valence electrons. The lowest BCUT2D eigenvalue weighted by molar-refractivity contribution is -0.140. The van der Waals surface area contributed by atoms with Crippen molar-refractivity contribution in [3.05, 3.63) is 35.9 Å². The lowest BCUT2D eigenvalue weighted by Gasteiger charge is -2.25. The first kappa shape index (κ1) is 25.3. The van der Waals surface area contributed by atoms with Gasteiger partial charge in [-0.15, -0.1) is 0 Å². The summed E-state index contributed by atoms with van der Waals surface area (Å²) in [4.78, 5) is 48.0. The van der Waals surface area contributed by atoms with E-state index in [4.69, 9.17) is 0 Å². The number of hydrogen-bond donors (Lipinski definition) is 2. The van der Waals surface area contributed by atoms with Crippen LogP contribution in [0.1, 0.15) is 45.1 Å². The molecule has 0 radical (unpaired) electrons. The largest absolute Gasteiger partial charge is 0.469 e. The number of ether oxygens (including phenoxy) is 1. The van der Waals surface area contributed by atoms with Gasteiger partial charge >= 0.3 is 5.97 Å². The Morgan fingerprint density at radius 2 is 1.63 bits per heavy atom. The number of hydrogen-bond acceptors (Lipinski definition) is 5. The Morgan fingerprint density at radius 1 is 1.00 bits per heavy atom. The zero-order chi connectivity index (χ0) is 22.5. The summed E-state index contributed by atoms with van der Waals surface area (Å²) in [6.07, 6.45) is 1.53. The van der Waals surface area contributed by atoms with Crippen molar-refractivity contribution in [2.45, 2.75) is 58.0 Å². The molecule has 0 aromatic heterocycles. The molecule has 7 nitrogen and oxygen atoms in total. The number of amides is 2. The third-order valence-corrected chi connectivity index (χ3v) is 4.65. The van der Waals surface area contributed by atoms with E-state index in [0.717, 1.165) is 5.56 Å². The molecule has 0 aliphatic heterocycles. The standard InChI is InChI=1S/C22H31FN2O5/c1-15(2)21(25-19(27)11-7-8-12-20(28)30-3)22(29)24-17(18(26)14-23)13-16-9-5-4-6-10-16/h4-6,9-10,15,17,21H,7-8,11-14H2,1-3H3,(H,24,29)(H,25,27). The summed E-state index contributed by atoms with van der Waals surface area (Å²) < 4.78 is 17.6. The van der Waals surface area contributed by atoms with Gasteiger partial charge in [-0.1, -0.05) is 44.2 Å². The van der Waals surface area contributed by atoms with Gasteiger partial charge in [0.25, 0.3) is 0 Å². The number of carbonyl (C=O) groups excluding carboxylic acids is 4. The number of methoxy groups -OCH3 is 1. The predicted molar refractivity (Wildman–Crippen MR) is 110 cm³/mol. The van der Waals surface area contributed by atoms with Crippen molar-refractivity contribution < 1.29 is 28.3 Å². The van der Waals surface area contributed by atoms with Gasteiger partial charge in [-0.25, -0.2) is 4.39 Å². The van der Waals surface area contributed by atoms with Crippen LogP contribution in [-0.4, -0.2) is 49.4 Å². The van der Waals surface area contributed by atoms with Crippen molar-refractivity contribution in [2.24, 2.45) is 5.92 Å². The van der Waals surface area contributed by atoms with E-state index in [1.807, 2.05) is 6.07 Å². The molecule has 0 saturated carbocycles. The molecule has 0 aliphatic rings. The first-order valence-corrected chi connectivity index (χ1v) is 10.1. The number of nitrogens with one attached hydrogen (secondary N) is 2. The van der Waals surface area contributed by atoms with Gasteiger partial charge < -0.3 is 15.4 Å². The number of esters is 1. The van der Waals surface area contributed by atoms with E-state index in [9.17, 15) is 23.6 Å². The average Bonchev–Trinajstić information content (AvgIpc) is 2.74. The molecule has 2 unspecified atom stereocenters. The van der Waals surface area contributed by atoms with Crippen molar-refractivity contribution >= 4 is 23.6 Å². The predicted octanol–water partition coefficient (Wildman–Crippen LogP) is 2.13. The number of unbranched alkanes of at least 4 members (excludes halogenated alkanes) is 1. The zero-order valence-electron chi connectivity index (χ0n) is 17.8. The van der Waals surface area contributed by atoms with Crippen LogP contribution in [0.25, 0.3) is 0 Å². The second-order valence-corrected chi connectivity index (χ2v) is 7.42.